The van der Waals surface area contributed by atoms with Crippen molar-refractivity contribution in [2.75, 3.05) is 13.7 Å². The molecule has 0 aromatic carbocycles. The van der Waals surface area contributed by atoms with Gasteiger partial charge < -0.3 is 19.7 Å². The van der Waals surface area contributed by atoms with Crippen molar-refractivity contribution in [3.63, 3.8) is 0 Å². The lowest BCUT2D eigenvalue weighted by molar-refractivity contribution is -0.148. The third-order valence-electron chi connectivity index (χ3n) is 1.31. The Morgan fingerprint density at radius 1 is 1.46 bits per heavy atom. The zero-order valence-corrected chi connectivity index (χ0v) is 7.23. The Bertz CT molecular complexity index is 178. The minimum atomic E-state index is -1.25. The predicted molar refractivity (Wildman–Crippen MR) is 41.2 cm³/mol. The fourth-order valence-corrected chi connectivity index (χ4v) is 0.674. The first-order valence-electron chi connectivity index (χ1n) is 3.70. The molecule has 0 aliphatic rings. The molecule has 6 heteroatoms. The van der Waals surface area contributed by atoms with Gasteiger partial charge in [0.1, 0.15) is 0 Å². The predicted octanol–water partition coefficient (Wildman–Crippen LogP) is -0.00490. The van der Waals surface area contributed by atoms with Crippen molar-refractivity contribution in [2.24, 2.45) is 0 Å². The van der Waals surface area contributed by atoms with Crippen LogP contribution in [0.15, 0.2) is 0 Å². The number of hydrogen-bond donors (Lipinski definition) is 2. The van der Waals surface area contributed by atoms with E-state index in [4.69, 9.17) is 10.2 Å². The topological polar surface area (TPSA) is 93.1 Å². The van der Waals surface area contributed by atoms with Crippen LogP contribution < -0.4 is 0 Å². The summed E-state index contributed by atoms with van der Waals surface area (Å²) in [7, 11) is 1.09. The molecule has 0 amide bonds. The fourth-order valence-electron chi connectivity index (χ4n) is 0.674. The van der Waals surface area contributed by atoms with Gasteiger partial charge in [0.2, 0.25) is 6.10 Å². The van der Waals surface area contributed by atoms with E-state index in [1.807, 2.05) is 0 Å². The van der Waals surface area contributed by atoms with Crippen LogP contribution in [0.3, 0.4) is 0 Å². The fraction of sp³-hybridized carbons (Fsp3) is 0.714. The van der Waals surface area contributed by atoms with Crippen molar-refractivity contribution in [1.29, 1.82) is 0 Å². The van der Waals surface area contributed by atoms with E-state index in [0.29, 0.717) is 0 Å². The summed E-state index contributed by atoms with van der Waals surface area (Å²) in [6, 6.07) is 0. The molecule has 0 fully saturated rings. The third kappa shape index (κ3) is 5.02. The molecule has 0 aliphatic carbocycles. The van der Waals surface area contributed by atoms with Gasteiger partial charge in [0, 0.05) is 6.61 Å². The van der Waals surface area contributed by atoms with Gasteiger partial charge in [-0.1, -0.05) is 0 Å². The molecule has 0 aromatic heterocycles. The van der Waals surface area contributed by atoms with E-state index >= 15 is 0 Å². The van der Waals surface area contributed by atoms with Gasteiger partial charge in [0.25, 0.3) is 0 Å². The molecule has 0 unspecified atom stereocenters. The number of methoxy groups -OCH3 is 1. The number of aliphatic hydroxyl groups is 1. The highest BCUT2D eigenvalue weighted by atomic mass is 16.7. The number of hydrogen-bond acceptors (Lipinski definition) is 5. The molecule has 0 radical (unpaired) electrons. The molecule has 0 saturated heterocycles. The van der Waals surface area contributed by atoms with Gasteiger partial charge >= 0.3 is 12.1 Å². The van der Waals surface area contributed by atoms with Gasteiger partial charge in [-0.05, 0) is 12.8 Å². The number of carbonyl (C=O) groups excluding carboxylic acids is 1. The first-order chi connectivity index (χ1) is 6.11. The lowest BCUT2D eigenvalue weighted by Gasteiger charge is -2.11. The second-order valence-electron chi connectivity index (χ2n) is 2.26. The van der Waals surface area contributed by atoms with E-state index in [2.05, 4.69) is 9.47 Å². The summed E-state index contributed by atoms with van der Waals surface area (Å²) in [5.74, 6) is -1.25. The Balaban J connectivity index is 3.94. The van der Waals surface area contributed by atoms with Gasteiger partial charge in [-0.15, -0.1) is 0 Å². The monoisotopic (exact) mass is 192 g/mol. The Kier molecular flexibility index (Phi) is 5.62. The van der Waals surface area contributed by atoms with E-state index in [1.54, 1.807) is 0 Å². The molecule has 13 heavy (non-hydrogen) atoms. The first kappa shape index (κ1) is 11.7. The van der Waals surface area contributed by atoms with Crippen LogP contribution in [0.5, 0.6) is 0 Å². The summed E-state index contributed by atoms with van der Waals surface area (Å²) in [5.41, 5.74) is 0. The number of rotatable bonds is 5. The van der Waals surface area contributed by atoms with E-state index in [1.165, 1.54) is 0 Å². The Labute approximate surface area is 75.1 Å². The third-order valence-corrected chi connectivity index (χ3v) is 1.31. The zero-order chi connectivity index (χ0) is 10.3. The molecule has 1 atom stereocenters. The van der Waals surface area contributed by atoms with Crippen LogP contribution in [0, 0.1) is 0 Å². The minimum Gasteiger partial charge on any atom is -0.479 e. The maximum atomic E-state index is 10.5. The van der Waals surface area contributed by atoms with Crippen LogP contribution in [-0.2, 0) is 14.3 Å². The van der Waals surface area contributed by atoms with Crippen molar-refractivity contribution >= 4 is 12.1 Å². The lowest BCUT2D eigenvalue weighted by Crippen LogP contribution is -2.27. The van der Waals surface area contributed by atoms with Crippen LogP contribution in [0.4, 0.5) is 4.79 Å². The lowest BCUT2D eigenvalue weighted by atomic mass is 10.2. The SMILES string of the molecule is COC(=O)O[C@@H](CCCO)C(=O)O. The molecule has 0 rings (SSSR count). The van der Waals surface area contributed by atoms with E-state index in [-0.39, 0.29) is 19.4 Å². The number of aliphatic carboxylic acids is 1. The van der Waals surface area contributed by atoms with E-state index in [0.717, 1.165) is 7.11 Å². The first-order valence-corrected chi connectivity index (χ1v) is 3.70. The number of ether oxygens (including phenoxy) is 2. The van der Waals surface area contributed by atoms with Crippen molar-refractivity contribution in [2.45, 2.75) is 18.9 Å². The molecule has 76 valence electrons. The normalized spacial score (nSPS) is 11.8. The molecule has 0 spiro atoms. The highest BCUT2D eigenvalue weighted by Crippen LogP contribution is 2.03. The average molecular weight is 192 g/mol. The van der Waals surface area contributed by atoms with Gasteiger partial charge in [-0.2, -0.15) is 0 Å². The van der Waals surface area contributed by atoms with E-state index in [9.17, 15) is 9.59 Å². The summed E-state index contributed by atoms with van der Waals surface area (Å²) in [6.45, 7) is -0.145. The van der Waals surface area contributed by atoms with Crippen LogP contribution >= 0.6 is 0 Å². The van der Waals surface area contributed by atoms with Gasteiger partial charge in [0.15, 0.2) is 0 Å². The van der Waals surface area contributed by atoms with Gasteiger partial charge in [-0.25, -0.2) is 9.59 Å². The molecule has 0 saturated carbocycles. The van der Waals surface area contributed by atoms with Crippen LogP contribution in [-0.4, -0.2) is 42.2 Å². The quantitative estimate of drug-likeness (QED) is 0.595. The second kappa shape index (κ2) is 6.24. The largest absolute Gasteiger partial charge is 0.508 e. The van der Waals surface area contributed by atoms with Crippen LogP contribution in [0.25, 0.3) is 0 Å². The maximum absolute atomic E-state index is 10.5. The molecular formula is C7H12O6. The Morgan fingerprint density at radius 2 is 2.08 bits per heavy atom. The van der Waals surface area contributed by atoms with Crippen LogP contribution in [0.1, 0.15) is 12.8 Å². The summed E-state index contributed by atoms with van der Waals surface area (Å²) in [5, 5.41) is 17.0. The summed E-state index contributed by atoms with van der Waals surface area (Å²) < 4.78 is 8.52. The highest BCUT2D eigenvalue weighted by molar-refractivity contribution is 5.75. The van der Waals surface area contributed by atoms with Crippen molar-refractivity contribution in [3.05, 3.63) is 0 Å². The average Bonchev–Trinajstić information content (AvgIpc) is 2.11. The molecule has 6 nitrogen and oxygen atoms in total. The maximum Gasteiger partial charge on any atom is 0.508 e. The molecule has 0 bridgehead atoms. The van der Waals surface area contributed by atoms with Crippen molar-refractivity contribution in [3.8, 4) is 0 Å². The Morgan fingerprint density at radius 3 is 2.46 bits per heavy atom. The summed E-state index contributed by atoms with van der Waals surface area (Å²) in [6.07, 6.45) is -1.96. The summed E-state index contributed by atoms with van der Waals surface area (Å²) >= 11 is 0. The number of carbonyl (C=O) groups is 2. The Hall–Kier alpha value is -1.30. The molecular weight excluding hydrogens is 180 g/mol. The summed E-state index contributed by atoms with van der Waals surface area (Å²) in [4.78, 5) is 21.0. The zero-order valence-electron chi connectivity index (χ0n) is 7.23. The molecule has 2 N–H and O–H groups in total. The molecule has 0 aliphatic heterocycles. The smallest absolute Gasteiger partial charge is 0.479 e. The van der Waals surface area contributed by atoms with Crippen LogP contribution in [0.2, 0.25) is 0 Å². The molecule has 0 aromatic rings. The standard InChI is InChI=1S/C7H12O6/c1-12-7(11)13-5(6(9)10)3-2-4-8/h5,8H,2-4H2,1H3,(H,9,10)/t5-/m0/s1. The molecule has 0 heterocycles. The van der Waals surface area contributed by atoms with Crippen molar-refractivity contribution < 1.29 is 29.3 Å². The minimum absolute atomic E-state index is 0.0704. The highest BCUT2D eigenvalue weighted by Gasteiger charge is 2.21. The van der Waals surface area contributed by atoms with Crippen molar-refractivity contribution in [1.82, 2.24) is 0 Å². The second-order valence-corrected chi connectivity index (χ2v) is 2.26. The number of carboxylic acids is 1. The van der Waals surface area contributed by atoms with Gasteiger partial charge in [-0.3, -0.25) is 0 Å². The van der Waals surface area contributed by atoms with Gasteiger partial charge in [0.05, 0.1) is 7.11 Å². The van der Waals surface area contributed by atoms with E-state index < -0.39 is 18.2 Å². The number of aliphatic hydroxyl groups excluding tert-OH is 1. The number of carboxylic acid groups (broad SMARTS) is 1.